The van der Waals surface area contributed by atoms with Gasteiger partial charge >= 0.3 is 0 Å². The fourth-order valence-corrected chi connectivity index (χ4v) is 11.9. The minimum atomic E-state index is -1.24. The quantitative estimate of drug-likeness (QED) is 0.530. The largest absolute Gasteiger partial charge is 0.309 e. The van der Waals surface area contributed by atoms with Crippen LogP contribution in [0.1, 0.15) is 12.8 Å². The summed E-state index contributed by atoms with van der Waals surface area (Å²) >= 11 is 0. The molecule has 0 aliphatic heterocycles. The molecule has 120 valence electrons. The molecule has 0 aromatic rings. The van der Waals surface area contributed by atoms with Gasteiger partial charge in [0.15, 0.2) is 0 Å². The zero-order valence-electron chi connectivity index (χ0n) is 15.5. The lowest BCUT2D eigenvalue weighted by Crippen LogP contribution is -2.38. The number of hydrogen-bond donors (Lipinski definition) is 0. The van der Waals surface area contributed by atoms with Gasteiger partial charge in [0, 0.05) is 6.54 Å². The highest BCUT2D eigenvalue weighted by Crippen LogP contribution is 2.51. The van der Waals surface area contributed by atoms with Gasteiger partial charge in [-0.2, -0.15) is 0 Å². The van der Waals surface area contributed by atoms with Crippen LogP contribution in [0, 0.1) is 17.8 Å². The van der Waals surface area contributed by atoms with Gasteiger partial charge in [0.1, 0.15) is 0 Å². The molecule has 0 saturated heterocycles. The molecule has 2 aliphatic carbocycles. The van der Waals surface area contributed by atoms with Crippen molar-refractivity contribution in [2.24, 2.45) is 17.8 Å². The van der Waals surface area contributed by atoms with Crippen LogP contribution in [-0.2, 0) is 0 Å². The van der Waals surface area contributed by atoms with E-state index in [-0.39, 0.29) is 0 Å². The first kappa shape index (κ1) is 17.2. The second-order valence-corrected chi connectivity index (χ2v) is 19.5. The van der Waals surface area contributed by atoms with Gasteiger partial charge in [-0.15, -0.1) is 0 Å². The van der Waals surface area contributed by atoms with Crippen LogP contribution in [0.25, 0.3) is 0 Å². The first-order valence-corrected chi connectivity index (χ1v) is 15.6. The third-order valence-electron chi connectivity index (χ3n) is 5.12. The maximum atomic E-state index is 2.58. The number of hydrogen-bond acceptors (Lipinski definition) is 1. The molecule has 0 amide bonds. The lowest BCUT2D eigenvalue weighted by atomic mass is 9.91. The van der Waals surface area contributed by atoms with Gasteiger partial charge in [-0.1, -0.05) is 61.8 Å². The van der Waals surface area contributed by atoms with Crippen LogP contribution in [0.3, 0.4) is 0 Å². The lowest BCUT2D eigenvalue weighted by molar-refractivity contribution is 0.306. The summed E-state index contributed by atoms with van der Waals surface area (Å²) < 4.78 is 0. The van der Waals surface area contributed by atoms with Crippen LogP contribution in [0.5, 0.6) is 0 Å². The molecule has 0 aromatic carbocycles. The number of allylic oxidation sites excluding steroid dienone is 3. The maximum absolute atomic E-state index is 2.58. The average molecular weight is 322 g/mol. The normalized spacial score (nSPS) is 30.2. The predicted molar refractivity (Wildman–Crippen MR) is 101 cm³/mol. The first-order valence-electron chi connectivity index (χ1n) is 8.58. The second kappa shape index (κ2) is 5.82. The number of nitrogens with zero attached hydrogens (tertiary/aromatic N) is 1. The maximum Gasteiger partial charge on any atom is 0.0722 e. The van der Waals surface area contributed by atoms with Gasteiger partial charge in [-0.3, -0.25) is 0 Å². The zero-order valence-corrected chi connectivity index (χ0v) is 17.5. The van der Waals surface area contributed by atoms with Crippen molar-refractivity contribution < 1.29 is 0 Å². The highest BCUT2D eigenvalue weighted by atomic mass is 28.3. The summed E-state index contributed by atoms with van der Waals surface area (Å²) in [7, 11) is 2.01. The SMILES string of the molecule is CN(C)C[C@H]1C=CC[C@H]2C[C@@H]1C([Si](C)(C)C)=C2[Si](C)(C)C. The molecule has 21 heavy (non-hydrogen) atoms. The van der Waals surface area contributed by atoms with Crippen LogP contribution >= 0.6 is 0 Å². The molecule has 2 bridgehead atoms. The summed E-state index contributed by atoms with van der Waals surface area (Å²) in [5.74, 6) is 2.44. The summed E-state index contributed by atoms with van der Waals surface area (Å²) in [6.07, 6.45) is 7.78. The summed E-state index contributed by atoms with van der Waals surface area (Å²) in [6, 6.07) is 0. The molecule has 3 atom stereocenters. The molecule has 0 N–H and O–H groups in total. The molecule has 3 heteroatoms. The predicted octanol–water partition coefficient (Wildman–Crippen LogP) is 4.81. The number of rotatable bonds is 4. The van der Waals surface area contributed by atoms with Gasteiger partial charge in [-0.05, 0) is 44.7 Å². The fraction of sp³-hybridized carbons (Fsp3) is 0.778. The van der Waals surface area contributed by atoms with Gasteiger partial charge in [0.05, 0.1) is 16.1 Å². The monoisotopic (exact) mass is 321 g/mol. The van der Waals surface area contributed by atoms with Crippen molar-refractivity contribution in [3.8, 4) is 0 Å². The van der Waals surface area contributed by atoms with Crippen molar-refractivity contribution in [3.63, 3.8) is 0 Å². The van der Waals surface area contributed by atoms with E-state index in [0.29, 0.717) is 0 Å². The van der Waals surface area contributed by atoms with E-state index < -0.39 is 16.1 Å². The van der Waals surface area contributed by atoms with E-state index in [1.165, 1.54) is 19.4 Å². The lowest BCUT2D eigenvalue weighted by Gasteiger charge is -2.35. The molecule has 1 nitrogen and oxygen atoms in total. The van der Waals surface area contributed by atoms with E-state index >= 15 is 0 Å². The van der Waals surface area contributed by atoms with Crippen molar-refractivity contribution in [1.82, 2.24) is 4.90 Å². The van der Waals surface area contributed by atoms with Crippen LogP contribution in [0.15, 0.2) is 22.5 Å². The highest BCUT2D eigenvalue weighted by Gasteiger charge is 2.46. The van der Waals surface area contributed by atoms with E-state index in [1.807, 2.05) is 10.4 Å². The molecule has 0 fully saturated rings. The average Bonchev–Trinajstić information content (AvgIpc) is 2.54. The summed E-state index contributed by atoms with van der Waals surface area (Å²) in [5, 5.41) is 3.95. The van der Waals surface area contributed by atoms with E-state index in [4.69, 9.17) is 0 Å². The Bertz CT molecular complexity index is 449. The van der Waals surface area contributed by atoms with Gasteiger partial charge in [0.25, 0.3) is 0 Å². The van der Waals surface area contributed by atoms with Gasteiger partial charge in [-0.25, -0.2) is 0 Å². The Balaban J connectivity index is 2.50. The standard InChI is InChI=1S/C18H35NSi2/c1-19(2)13-15-11-9-10-14-12-16(15)18(21(6,7)8)17(14)20(3,4)5/h9,11,14-16H,10,12-13H2,1-8H3/t14-,15+,16-/m0/s1. The Labute approximate surface area is 134 Å². The van der Waals surface area contributed by atoms with Crippen molar-refractivity contribution >= 4 is 16.1 Å². The van der Waals surface area contributed by atoms with Crippen LogP contribution < -0.4 is 0 Å². The third-order valence-corrected chi connectivity index (χ3v) is 9.92. The van der Waals surface area contributed by atoms with Crippen molar-refractivity contribution in [1.29, 1.82) is 0 Å². The van der Waals surface area contributed by atoms with Crippen LogP contribution in [-0.4, -0.2) is 41.7 Å². The first-order chi connectivity index (χ1) is 9.51. The Kier molecular flexibility index (Phi) is 4.78. The topological polar surface area (TPSA) is 3.24 Å². The Hall–Kier alpha value is -0.126. The van der Waals surface area contributed by atoms with E-state index in [0.717, 1.165) is 17.8 Å². The van der Waals surface area contributed by atoms with E-state index in [2.05, 4.69) is 70.4 Å². The summed E-state index contributed by atoms with van der Waals surface area (Å²) in [6.45, 7) is 16.7. The van der Waals surface area contributed by atoms with Crippen LogP contribution in [0.4, 0.5) is 0 Å². The molecule has 2 aliphatic rings. The molecular weight excluding hydrogens is 286 g/mol. The Morgan fingerprint density at radius 3 is 2.05 bits per heavy atom. The van der Waals surface area contributed by atoms with E-state index in [1.54, 1.807) is 0 Å². The molecule has 2 rings (SSSR count). The molecular formula is C18H35NSi2. The van der Waals surface area contributed by atoms with Crippen molar-refractivity contribution in [2.45, 2.75) is 52.1 Å². The summed E-state index contributed by atoms with van der Waals surface area (Å²) in [4.78, 5) is 2.38. The molecule has 0 heterocycles. The van der Waals surface area contributed by atoms with Crippen molar-refractivity contribution in [2.75, 3.05) is 20.6 Å². The van der Waals surface area contributed by atoms with Gasteiger partial charge < -0.3 is 4.90 Å². The molecule has 0 spiro atoms. The summed E-state index contributed by atoms with van der Waals surface area (Å²) in [5.41, 5.74) is 0. The van der Waals surface area contributed by atoms with Crippen molar-refractivity contribution in [3.05, 3.63) is 22.5 Å². The minimum absolute atomic E-state index is 0.737. The molecule has 0 aromatic heterocycles. The Morgan fingerprint density at radius 1 is 1.00 bits per heavy atom. The minimum Gasteiger partial charge on any atom is -0.309 e. The Morgan fingerprint density at radius 2 is 1.57 bits per heavy atom. The zero-order chi connectivity index (χ0) is 16.0. The smallest absolute Gasteiger partial charge is 0.0722 e. The fourth-order valence-electron chi connectivity index (χ4n) is 4.70. The number of fused-ring (bicyclic) bond motifs is 2. The van der Waals surface area contributed by atoms with Gasteiger partial charge in [0.2, 0.25) is 0 Å². The highest BCUT2D eigenvalue weighted by molar-refractivity contribution is 6.89. The molecule has 0 radical (unpaired) electrons. The third kappa shape index (κ3) is 3.62. The molecule has 0 unspecified atom stereocenters. The van der Waals surface area contributed by atoms with Crippen LogP contribution in [0.2, 0.25) is 39.3 Å². The van der Waals surface area contributed by atoms with E-state index in [9.17, 15) is 0 Å². The molecule has 0 saturated carbocycles. The second-order valence-electron chi connectivity index (χ2n) is 9.46.